The van der Waals surface area contributed by atoms with Crippen molar-refractivity contribution in [3.8, 4) is 0 Å². The largest absolute Gasteiger partial charge is 0.355 e. The predicted molar refractivity (Wildman–Crippen MR) is 90.8 cm³/mol. The molecule has 0 bridgehead atoms. The van der Waals surface area contributed by atoms with Crippen LogP contribution in [0.5, 0.6) is 0 Å². The van der Waals surface area contributed by atoms with Crippen LogP contribution in [0.2, 0.25) is 5.02 Å². The molecule has 0 unspecified atom stereocenters. The van der Waals surface area contributed by atoms with Crippen LogP contribution in [-0.4, -0.2) is 10.9 Å². The molecule has 2 N–H and O–H groups in total. The molecule has 0 saturated heterocycles. The second-order valence-corrected chi connectivity index (χ2v) is 5.34. The van der Waals surface area contributed by atoms with Crippen LogP contribution in [0, 0.1) is 0 Å². The van der Waals surface area contributed by atoms with Crippen LogP contribution in [0.25, 0.3) is 10.9 Å². The summed E-state index contributed by atoms with van der Waals surface area (Å²) in [4.78, 5) is 15.3. The maximum atomic E-state index is 11.0. The van der Waals surface area contributed by atoms with Gasteiger partial charge in [0, 0.05) is 40.6 Å². The van der Waals surface area contributed by atoms with Crippen LogP contribution in [0.4, 0.5) is 17.1 Å². The van der Waals surface area contributed by atoms with Gasteiger partial charge in [-0.1, -0.05) is 11.6 Å². The van der Waals surface area contributed by atoms with Crippen molar-refractivity contribution in [2.24, 2.45) is 0 Å². The summed E-state index contributed by atoms with van der Waals surface area (Å²) in [7, 11) is 0. The summed E-state index contributed by atoms with van der Waals surface area (Å²) in [6, 6.07) is 15.1. The molecule has 110 valence electrons. The van der Waals surface area contributed by atoms with Gasteiger partial charge in [0.2, 0.25) is 5.91 Å². The fourth-order valence-corrected chi connectivity index (χ4v) is 2.39. The van der Waals surface area contributed by atoms with E-state index in [1.54, 1.807) is 6.20 Å². The highest BCUT2D eigenvalue weighted by atomic mass is 35.5. The van der Waals surface area contributed by atoms with Crippen molar-refractivity contribution >= 4 is 45.5 Å². The summed E-state index contributed by atoms with van der Waals surface area (Å²) in [5, 5.41) is 7.75. The predicted octanol–water partition coefficient (Wildman–Crippen LogP) is 4.59. The van der Waals surface area contributed by atoms with Gasteiger partial charge in [0.15, 0.2) is 0 Å². The number of nitrogens with one attached hydrogen (secondary N) is 2. The number of halogens is 1. The Kier molecular flexibility index (Phi) is 3.94. The van der Waals surface area contributed by atoms with Crippen molar-refractivity contribution in [2.75, 3.05) is 10.6 Å². The van der Waals surface area contributed by atoms with Crippen molar-refractivity contribution < 1.29 is 4.79 Å². The van der Waals surface area contributed by atoms with Crippen molar-refractivity contribution in [1.82, 2.24) is 4.98 Å². The second kappa shape index (κ2) is 6.03. The summed E-state index contributed by atoms with van der Waals surface area (Å²) in [5.41, 5.74) is 3.49. The summed E-state index contributed by atoms with van der Waals surface area (Å²) in [5.74, 6) is -0.0854. The van der Waals surface area contributed by atoms with Crippen LogP contribution in [-0.2, 0) is 4.79 Å². The first-order valence-electron chi connectivity index (χ1n) is 6.81. The molecule has 4 nitrogen and oxygen atoms in total. The molecule has 0 atom stereocenters. The van der Waals surface area contributed by atoms with Gasteiger partial charge in [0.1, 0.15) is 0 Å². The molecule has 0 saturated carbocycles. The van der Waals surface area contributed by atoms with E-state index in [1.807, 2.05) is 48.5 Å². The molecule has 0 spiro atoms. The summed E-state index contributed by atoms with van der Waals surface area (Å²) in [6.07, 6.45) is 1.74. The third-order valence-electron chi connectivity index (χ3n) is 3.19. The highest BCUT2D eigenvalue weighted by Gasteiger charge is 2.03. The number of nitrogens with zero attached hydrogens (tertiary/aromatic N) is 1. The molecular formula is C17H14ClN3O. The van der Waals surface area contributed by atoms with Crippen LogP contribution < -0.4 is 10.6 Å². The minimum atomic E-state index is -0.0854. The standard InChI is InChI=1S/C17H14ClN3O/c1-11(22)20-13-3-5-14(6-4-13)21-16-8-9-19-17-10-12(18)2-7-15(16)17/h2-10H,1H3,(H,19,21)(H,20,22). The third-order valence-corrected chi connectivity index (χ3v) is 3.42. The van der Waals surface area contributed by atoms with Crippen LogP contribution in [0.3, 0.4) is 0 Å². The number of fused-ring (bicyclic) bond motifs is 1. The first-order chi connectivity index (χ1) is 10.6. The normalized spacial score (nSPS) is 10.5. The number of carbonyl (C=O) groups excluding carboxylic acids is 1. The molecule has 0 aliphatic rings. The van der Waals surface area contributed by atoms with Gasteiger partial charge in [-0.25, -0.2) is 0 Å². The number of amides is 1. The molecule has 1 heterocycles. The lowest BCUT2D eigenvalue weighted by atomic mass is 10.2. The number of benzene rings is 2. The Balaban J connectivity index is 1.88. The Bertz CT molecular complexity index is 831. The van der Waals surface area contributed by atoms with Gasteiger partial charge in [0.25, 0.3) is 0 Å². The van der Waals surface area contributed by atoms with E-state index in [1.165, 1.54) is 6.92 Å². The molecule has 3 aromatic rings. The zero-order valence-electron chi connectivity index (χ0n) is 11.9. The van der Waals surface area contributed by atoms with E-state index >= 15 is 0 Å². The molecule has 1 aromatic heterocycles. The molecule has 0 radical (unpaired) electrons. The summed E-state index contributed by atoms with van der Waals surface area (Å²) < 4.78 is 0. The number of rotatable bonds is 3. The van der Waals surface area contributed by atoms with E-state index in [-0.39, 0.29) is 5.91 Å². The van der Waals surface area contributed by atoms with Gasteiger partial charge in [0.05, 0.1) is 5.52 Å². The SMILES string of the molecule is CC(=O)Nc1ccc(Nc2ccnc3cc(Cl)ccc23)cc1. The van der Waals surface area contributed by atoms with Crippen molar-refractivity contribution in [1.29, 1.82) is 0 Å². The zero-order valence-corrected chi connectivity index (χ0v) is 12.7. The maximum Gasteiger partial charge on any atom is 0.221 e. The van der Waals surface area contributed by atoms with Crippen LogP contribution in [0.1, 0.15) is 6.92 Å². The molecule has 0 aliphatic heterocycles. The van der Waals surface area contributed by atoms with Crippen molar-refractivity contribution in [2.45, 2.75) is 6.92 Å². The molecular weight excluding hydrogens is 298 g/mol. The van der Waals surface area contributed by atoms with Gasteiger partial charge in [-0.2, -0.15) is 0 Å². The highest BCUT2D eigenvalue weighted by molar-refractivity contribution is 6.31. The van der Waals surface area contributed by atoms with Gasteiger partial charge in [-0.15, -0.1) is 0 Å². The number of pyridine rings is 1. The fraction of sp³-hybridized carbons (Fsp3) is 0.0588. The van der Waals surface area contributed by atoms with Gasteiger partial charge >= 0.3 is 0 Å². The molecule has 0 fully saturated rings. The number of hydrogen-bond acceptors (Lipinski definition) is 3. The maximum absolute atomic E-state index is 11.0. The number of aromatic nitrogens is 1. The van der Waals surface area contributed by atoms with Crippen LogP contribution in [0.15, 0.2) is 54.7 Å². The average Bonchev–Trinajstić information content (AvgIpc) is 2.48. The molecule has 2 aromatic carbocycles. The average molecular weight is 312 g/mol. The van der Waals surface area contributed by atoms with E-state index in [0.29, 0.717) is 5.02 Å². The fourth-order valence-electron chi connectivity index (χ4n) is 2.23. The molecule has 5 heteroatoms. The first kappa shape index (κ1) is 14.4. The van der Waals surface area contributed by atoms with Crippen LogP contribution >= 0.6 is 11.6 Å². The smallest absolute Gasteiger partial charge is 0.221 e. The monoisotopic (exact) mass is 311 g/mol. The number of anilines is 3. The van der Waals surface area contributed by atoms with Gasteiger partial charge in [-0.05, 0) is 48.5 Å². The van der Waals surface area contributed by atoms with Gasteiger partial charge in [-0.3, -0.25) is 9.78 Å². The second-order valence-electron chi connectivity index (χ2n) is 4.90. The lowest BCUT2D eigenvalue weighted by molar-refractivity contribution is -0.114. The molecule has 3 rings (SSSR count). The quantitative estimate of drug-likeness (QED) is 0.744. The van der Waals surface area contributed by atoms with Crippen molar-refractivity contribution in [3.05, 3.63) is 59.8 Å². The van der Waals surface area contributed by atoms with E-state index in [9.17, 15) is 4.79 Å². The highest BCUT2D eigenvalue weighted by Crippen LogP contribution is 2.27. The molecule has 0 aliphatic carbocycles. The Hall–Kier alpha value is -2.59. The van der Waals surface area contributed by atoms with E-state index < -0.39 is 0 Å². The third kappa shape index (κ3) is 3.18. The zero-order chi connectivity index (χ0) is 15.5. The minimum absolute atomic E-state index is 0.0854. The topological polar surface area (TPSA) is 54.0 Å². The van der Waals surface area contributed by atoms with Gasteiger partial charge < -0.3 is 10.6 Å². The first-order valence-corrected chi connectivity index (χ1v) is 7.18. The number of carbonyl (C=O) groups is 1. The molecule has 22 heavy (non-hydrogen) atoms. The lowest BCUT2D eigenvalue weighted by Gasteiger charge is -2.10. The summed E-state index contributed by atoms with van der Waals surface area (Å²) in [6.45, 7) is 1.49. The lowest BCUT2D eigenvalue weighted by Crippen LogP contribution is -2.05. The Morgan fingerprint density at radius 1 is 1.05 bits per heavy atom. The van der Waals surface area contributed by atoms with E-state index in [4.69, 9.17) is 11.6 Å². The van der Waals surface area contributed by atoms with E-state index in [2.05, 4.69) is 15.6 Å². The minimum Gasteiger partial charge on any atom is -0.355 e. The Morgan fingerprint density at radius 3 is 2.50 bits per heavy atom. The number of hydrogen-bond donors (Lipinski definition) is 2. The molecule has 1 amide bonds. The van der Waals surface area contributed by atoms with E-state index in [0.717, 1.165) is 28.0 Å². The van der Waals surface area contributed by atoms with Crippen molar-refractivity contribution in [3.63, 3.8) is 0 Å². The Labute approximate surface area is 133 Å². The summed E-state index contributed by atoms with van der Waals surface area (Å²) >= 11 is 6.00. The Morgan fingerprint density at radius 2 is 1.77 bits per heavy atom.